The molecule has 35 heavy (non-hydrogen) atoms. The summed E-state index contributed by atoms with van der Waals surface area (Å²) in [5.74, 6) is -0.0369. The van der Waals surface area contributed by atoms with Crippen LogP contribution in [-0.2, 0) is 16.0 Å². The van der Waals surface area contributed by atoms with E-state index in [0.29, 0.717) is 29.2 Å². The highest BCUT2D eigenvalue weighted by molar-refractivity contribution is 7.17. The summed E-state index contributed by atoms with van der Waals surface area (Å²) in [5, 5.41) is 14.2. The second-order valence-electron chi connectivity index (χ2n) is 7.76. The fourth-order valence-corrected chi connectivity index (χ4v) is 4.64. The molecule has 0 radical (unpaired) electrons. The molecule has 0 bridgehead atoms. The van der Waals surface area contributed by atoms with Gasteiger partial charge in [-0.1, -0.05) is 19.1 Å². The predicted molar refractivity (Wildman–Crippen MR) is 136 cm³/mol. The minimum Gasteiger partial charge on any atom is -0.494 e. The number of nitrogens with one attached hydrogen (secondary N) is 1. The van der Waals surface area contributed by atoms with Crippen molar-refractivity contribution in [2.45, 2.75) is 40.0 Å². The van der Waals surface area contributed by atoms with Crippen molar-refractivity contribution in [3.8, 4) is 16.9 Å². The maximum atomic E-state index is 12.8. The molecule has 1 aromatic heterocycles. The van der Waals surface area contributed by atoms with E-state index in [0.717, 1.165) is 17.0 Å². The number of nitrogens with zero attached hydrogens (tertiary/aromatic N) is 1. The van der Waals surface area contributed by atoms with Crippen LogP contribution in [0.5, 0.6) is 5.75 Å². The van der Waals surface area contributed by atoms with E-state index in [4.69, 9.17) is 9.47 Å². The van der Waals surface area contributed by atoms with Gasteiger partial charge in [0.25, 0.3) is 5.69 Å². The van der Waals surface area contributed by atoms with Gasteiger partial charge in [-0.3, -0.25) is 14.9 Å². The van der Waals surface area contributed by atoms with Crippen LogP contribution in [0.4, 0.5) is 10.7 Å². The van der Waals surface area contributed by atoms with Crippen molar-refractivity contribution in [1.82, 2.24) is 0 Å². The zero-order valence-electron chi connectivity index (χ0n) is 20.0. The van der Waals surface area contributed by atoms with Gasteiger partial charge in [-0.15, -0.1) is 11.3 Å². The lowest BCUT2D eigenvalue weighted by Gasteiger charge is -2.10. The smallest absolute Gasteiger partial charge is 0.341 e. The molecule has 0 aliphatic rings. The van der Waals surface area contributed by atoms with E-state index in [-0.39, 0.29) is 30.2 Å². The number of ether oxygens (including phenoxy) is 2. The van der Waals surface area contributed by atoms with Crippen molar-refractivity contribution in [3.63, 3.8) is 0 Å². The van der Waals surface area contributed by atoms with Crippen LogP contribution < -0.4 is 10.1 Å². The number of anilines is 1. The summed E-state index contributed by atoms with van der Waals surface area (Å²) >= 11 is 1.27. The molecule has 0 unspecified atom stereocenters. The monoisotopic (exact) mass is 496 g/mol. The van der Waals surface area contributed by atoms with E-state index >= 15 is 0 Å². The van der Waals surface area contributed by atoms with E-state index < -0.39 is 10.9 Å². The molecule has 0 aliphatic heterocycles. The van der Waals surface area contributed by atoms with Crippen LogP contribution in [0.25, 0.3) is 11.1 Å². The Morgan fingerprint density at radius 1 is 1.06 bits per heavy atom. The Bertz CT molecular complexity index is 1190. The first-order chi connectivity index (χ1) is 16.8. The molecule has 0 saturated heterocycles. The summed E-state index contributed by atoms with van der Waals surface area (Å²) in [6.07, 6.45) is 1.69. The average Bonchev–Trinajstić information content (AvgIpc) is 3.17. The van der Waals surface area contributed by atoms with E-state index in [1.165, 1.54) is 29.0 Å². The van der Waals surface area contributed by atoms with Gasteiger partial charge in [-0.25, -0.2) is 4.79 Å². The minimum absolute atomic E-state index is 0.0450. The number of hydrogen-bond acceptors (Lipinski definition) is 7. The number of esters is 1. The molecule has 0 atom stereocenters. The molecule has 3 aromatic rings. The van der Waals surface area contributed by atoms with Crippen LogP contribution in [-0.4, -0.2) is 30.0 Å². The molecule has 0 aliphatic carbocycles. The molecular weight excluding hydrogens is 468 g/mol. The van der Waals surface area contributed by atoms with Crippen molar-refractivity contribution in [2.75, 3.05) is 18.5 Å². The molecule has 0 spiro atoms. The molecule has 184 valence electrons. The van der Waals surface area contributed by atoms with Gasteiger partial charge >= 0.3 is 5.97 Å². The number of benzene rings is 2. The average molecular weight is 497 g/mol. The van der Waals surface area contributed by atoms with Crippen molar-refractivity contribution in [3.05, 3.63) is 74.6 Å². The van der Waals surface area contributed by atoms with Crippen LogP contribution in [0, 0.1) is 17.0 Å². The molecule has 1 N–H and O–H groups in total. The second kappa shape index (κ2) is 12.1. The molecular formula is C26H28N2O6S. The number of hydrogen-bond donors (Lipinski definition) is 1. The van der Waals surface area contributed by atoms with Gasteiger partial charge < -0.3 is 14.8 Å². The Labute approximate surface area is 208 Å². The first-order valence-electron chi connectivity index (χ1n) is 11.4. The van der Waals surface area contributed by atoms with Gasteiger partial charge in [-0.2, -0.15) is 0 Å². The van der Waals surface area contributed by atoms with Crippen molar-refractivity contribution >= 4 is 33.9 Å². The molecule has 9 heteroatoms. The number of rotatable bonds is 11. The zero-order valence-corrected chi connectivity index (χ0v) is 20.8. The summed E-state index contributed by atoms with van der Waals surface area (Å²) in [6, 6.07) is 13.8. The second-order valence-corrected chi connectivity index (χ2v) is 8.98. The quantitative estimate of drug-likeness (QED) is 0.147. The SMILES string of the molecule is CCOC(=O)c1c(NC(=O)CCCOc2ccc(CC)cc2)sc(C)c1-c1ccc([N+](=O)[O-])cc1. The summed E-state index contributed by atoms with van der Waals surface area (Å²) in [7, 11) is 0. The first kappa shape index (κ1) is 25.9. The minimum atomic E-state index is -0.556. The third kappa shape index (κ3) is 6.66. The molecule has 0 saturated carbocycles. The summed E-state index contributed by atoms with van der Waals surface area (Å²) < 4.78 is 10.9. The number of carbonyl (C=O) groups is 2. The highest BCUT2D eigenvalue weighted by atomic mass is 32.1. The number of aryl methyl sites for hydroxylation is 2. The van der Waals surface area contributed by atoms with E-state index in [9.17, 15) is 19.7 Å². The van der Waals surface area contributed by atoms with E-state index in [1.54, 1.807) is 19.1 Å². The number of amides is 1. The van der Waals surface area contributed by atoms with Crippen molar-refractivity contribution in [2.24, 2.45) is 0 Å². The third-order valence-electron chi connectivity index (χ3n) is 5.33. The van der Waals surface area contributed by atoms with Crippen molar-refractivity contribution < 1.29 is 24.0 Å². The Morgan fingerprint density at radius 2 is 1.74 bits per heavy atom. The van der Waals surface area contributed by atoms with Gasteiger partial charge in [0.05, 0.1) is 18.1 Å². The molecule has 1 amide bonds. The number of nitro groups is 1. The van der Waals surface area contributed by atoms with Gasteiger partial charge in [0.2, 0.25) is 5.91 Å². The lowest BCUT2D eigenvalue weighted by molar-refractivity contribution is -0.384. The first-order valence-corrected chi connectivity index (χ1v) is 12.2. The normalized spacial score (nSPS) is 10.6. The lowest BCUT2D eigenvalue weighted by Crippen LogP contribution is -2.15. The van der Waals surface area contributed by atoms with Crippen LogP contribution >= 0.6 is 11.3 Å². The fraction of sp³-hybridized carbons (Fsp3) is 0.308. The van der Waals surface area contributed by atoms with Crippen LogP contribution in [0.1, 0.15) is 47.5 Å². The number of non-ortho nitro benzene ring substituents is 1. The fourth-order valence-electron chi connectivity index (χ4n) is 3.56. The Morgan fingerprint density at radius 3 is 2.34 bits per heavy atom. The zero-order chi connectivity index (χ0) is 25.4. The maximum absolute atomic E-state index is 12.8. The van der Waals surface area contributed by atoms with Crippen molar-refractivity contribution in [1.29, 1.82) is 0 Å². The van der Waals surface area contributed by atoms with Crippen LogP contribution in [0.2, 0.25) is 0 Å². The Hall–Kier alpha value is -3.72. The summed E-state index contributed by atoms with van der Waals surface area (Å²) in [6.45, 7) is 6.19. The Balaban J connectivity index is 1.70. The Kier molecular flexibility index (Phi) is 8.97. The molecule has 3 rings (SSSR count). The van der Waals surface area contributed by atoms with Gasteiger partial charge in [0.1, 0.15) is 16.3 Å². The highest BCUT2D eigenvalue weighted by Gasteiger charge is 2.25. The lowest BCUT2D eigenvalue weighted by atomic mass is 10.0. The molecule has 8 nitrogen and oxygen atoms in total. The predicted octanol–water partition coefficient (Wildman–Crippen LogP) is 6.17. The van der Waals surface area contributed by atoms with E-state index in [1.807, 2.05) is 31.2 Å². The highest BCUT2D eigenvalue weighted by Crippen LogP contribution is 2.41. The standard InChI is InChI=1S/C26H28N2O6S/c1-4-18-8-14-21(15-9-18)34-16-6-7-22(29)27-25-24(26(30)33-5-2)23(17(3)35-25)19-10-12-20(13-11-19)28(31)32/h8-15H,4-7,16H2,1-3H3,(H,27,29). The van der Waals surface area contributed by atoms with E-state index in [2.05, 4.69) is 12.2 Å². The maximum Gasteiger partial charge on any atom is 0.341 e. The van der Waals surface area contributed by atoms with Gasteiger partial charge in [0, 0.05) is 29.0 Å². The third-order valence-corrected chi connectivity index (χ3v) is 6.35. The summed E-state index contributed by atoms with van der Waals surface area (Å²) in [5.41, 5.74) is 2.67. The number of nitro benzene ring substituents is 1. The molecule has 0 fully saturated rings. The molecule has 1 heterocycles. The topological polar surface area (TPSA) is 108 Å². The van der Waals surface area contributed by atoms with Gasteiger partial charge in [0.15, 0.2) is 0 Å². The number of carbonyl (C=O) groups excluding carboxylic acids is 2. The van der Waals surface area contributed by atoms with Gasteiger partial charge in [-0.05, 0) is 62.1 Å². The largest absolute Gasteiger partial charge is 0.494 e. The van der Waals surface area contributed by atoms with Crippen LogP contribution in [0.15, 0.2) is 48.5 Å². The van der Waals surface area contributed by atoms with Crippen LogP contribution in [0.3, 0.4) is 0 Å². The molecule has 2 aromatic carbocycles. The summed E-state index contributed by atoms with van der Waals surface area (Å²) in [4.78, 5) is 36.7. The number of thiophene rings is 1.